The molecule has 6 aliphatic carbocycles. The Balaban J connectivity index is 1.18. The molecule has 2 aromatic carbocycles. The monoisotopic (exact) mass is 508 g/mol. The molecule has 0 N–H and O–H groups in total. The van der Waals surface area contributed by atoms with Gasteiger partial charge in [0.25, 0.3) is 0 Å². The maximum atomic E-state index is 14.2. The highest BCUT2D eigenvalue weighted by atomic mass is 32.2. The number of hydrogen-bond donors (Lipinski definition) is 0. The van der Waals surface area contributed by atoms with Crippen molar-refractivity contribution in [3.05, 3.63) is 60.7 Å². The Bertz CT molecular complexity index is 1470. The van der Waals surface area contributed by atoms with Gasteiger partial charge in [0, 0.05) is 11.8 Å². The van der Waals surface area contributed by atoms with Gasteiger partial charge in [-0.15, -0.1) is 0 Å². The molecule has 0 unspecified atom stereocenters. The number of ketones is 1. The lowest BCUT2D eigenvalue weighted by molar-refractivity contribution is -0.128. The highest BCUT2D eigenvalue weighted by molar-refractivity contribution is 7.93. The van der Waals surface area contributed by atoms with Crippen LogP contribution in [0, 0.1) is 59.2 Å². The highest BCUT2D eigenvalue weighted by Crippen LogP contribution is 2.86. The second kappa shape index (κ2) is 6.46. The molecule has 0 saturated heterocycles. The van der Waals surface area contributed by atoms with E-state index in [1.807, 2.05) is 12.1 Å². The van der Waals surface area contributed by atoms with Gasteiger partial charge in [-0.25, -0.2) is 16.8 Å². The predicted molar refractivity (Wildman–Crippen MR) is 129 cm³/mol. The minimum atomic E-state index is -3.65. The van der Waals surface area contributed by atoms with Crippen LogP contribution in [0.5, 0.6) is 0 Å². The first-order chi connectivity index (χ1) is 16.8. The minimum absolute atomic E-state index is 0.0392. The van der Waals surface area contributed by atoms with E-state index in [1.54, 1.807) is 48.5 Å². The van der Waals surface area contributed by atoms with E-state index >= 15 is 0 Å². The predicted octanol–water partition coefficient (Wildman–Crippen LogP) is 3.66. The van der Waals surface area contributed by atoms with Gasteiger partial charge >= 0.3 is 0 Å². The molecule has 8 rings (SSSR count). The fourth-order valence-corrected chi connectivity index (χ4v) is 14.8. The third-order valence-corrected chi connectivity index (χ3v) is 15.7. The van der Waals surface area contributed by atoms with Gasteiger partial charge in [0.1, 0.15) is 5.78 Å². The number of Topliss-reactive ketones (excluding diaryl/α,β-unsaturated/α-hetero) is 1. The lowest BCUT2D eigenvalue weighted by atomic mass is 9.70. The van der Waals surface area contributed by atoms with Crippen molar-refractivity contribution in [2.45, 2.75) is 33.8 Å². The second-order valence-electron chi connectivity index (χ2n) is 11.9. The van der Waals surface area contributed by atoms with Crippen LogP contribution in [0.15, 0.2) is 70.5 Å². The Hall–Kier alpha value is -1.99. The Labute approximate surface area is 206 Å². The molecule has 0 radical (unpaired) electrons. The maximum Gasteiger partial charge on any atom is 0.185 e. The Morgan fingerprint density at radius 1 is 0.771 bits per heavy atom. The van der Waals surface area contributed by atoms with Crippen LogP contribution in [0.4, 0.5) is 0 Å². The molecule has 11 atom stereocenters. The van der Waals surface area contributed by atoms with E-state index < -0.39 is 30.3 Å². The molecule has 6 saturated carbocycles. The largest absolute Gasteiger partial charge is 0.299 e. The third-order valence-electron chi connectivity index (χ3n) is 11.3. The summed E-state index contributed by atoms with van der Waals surface area (Å²) in [5, 5.41) is 0. The van der Waals surface area contributed by atoms with Crippen LogP contribution >= 0.6 is 0 Å². The summed E-state index contributed by atoms with van der Waals surface area (Å²) in [6.07, 6.45) is 2.00. The van der Waals surface area contributed by atoms with E-state index in [-0.39, 0.29) is 47.0 Å². The molecular formula is C28H28O5S2. The summed E-state index contributed by atoms with van der Waals surface area (Å²) in [6, 6.07) is 17.3. The van der Waals surface area contributed by atoms with Crippen LogP contribution < -0.4 is 0 Å². The van der Waals surface area contributed by atoms with Crippen LogP contribution in [0.3, 0.4) is 0 Å². The topological polar surface area (TPSA) is 85.3 Å². The summed E-state index contributed by atoms with van der Waals surface area (Å²) >= 11 is 0. The third kappa shape index (κ3) is 2.22. The molecule has 182 valence electrons. The molecule has 0 aromatic heterocycles. The number of sulfone groups is 2. The van der Waals surface area contributed by atoms with Gasteiger partial charge in [-0.05, 0) is 90.9 Å². The summed E-state index contributed by atoms with van der Waals surface area (Å²) < 4.78 is 53.6. The van der Waals surface area contributed by atoms with Crippen molar-refractivity contribution in [3.63, 3.8) is 0 Å². The van der Waals surface area contributed by atoms with Gasteiger partial charge in [0.05, 0.1) is 20.3 Å². The molecule has 2 bridgehead atoms. The van der Waals surface area contributed by atoms with Crippen LogP contribution in [-0.4, -0.2) is 33.1 Å². The van der Waals surface area contributed by atoms with Gasteiger partial charge in [0.15, 0.2) is 19.7 Å². The minimum Gasteiger partial charge on any atom is -0.299 e. The van der Waals surface area contributed by atoms with Crippen molar-refractivity contribution in [1.82, 2.24) is 0 Å². The molecule has 6 aliphatic rings. The zero-order valence-electron chi connectivity index (χ0n) is 19.2. The first-order valence-corrected chi connectivity index (χ1v) is 16.0. The van der Waals surface area contributed by atoms with Gasteiger partial charge < -0.3 is 0 Å². The molecule has 0 amide bonds. The zero-order chi connectivity index (χ0) is 23.9. The van der Waals surface area contributed by atoms with Gasteiger partial charge in [0.2, 0.25) is 0 Å². The first kappa shape index (κ1) is 21.1. The van der Waals surface area contributed by atoms with Crippen LogP contribution in [0.25, 0.3) is 0 Å². The molecule has 0 heterocycles. The Kier molecular flexibility index (Phi) is 3.90. The molecular weight excluding hydrogens is 480 g/mol. The molecule has 0 aliphatic heterocycles. The molecule has 7 heteroatoms. The summed E-state index contributed by atoms with van der Waals surface area (Å²) in [6.45, 7) is 0. The lowest BCUT2D eigenvalue weighted by Crippen LogP contribution is -2.53. The molecule has 0 spiro atoms. The Morgan fingerprint density at radius 2 is 1.43 bits per heavy atom. The summed E-state index contributed by atoms with van der Waals surface area (Å²) in [5.41, 5.74) is 0. The zero-order valence-corrected chi connectivity index (χ0v) is 20.9. The van der Waals surface area contributed by atoms with Crippen molar-refractivity contribution >= 4 is 25.5 Å². The maximum absolute atomic E-state index is 14.2. The van der Waals surface area contributed by atoms with Gasteiger partial charge in [-0.2, -0.15) is 0 Å². The molecule has 5 nitrogen and oxygen atoms in total. The van der Waals surface area contributed by atoms with Crippen LogP contribution in [0.2, 0.25) is 0 Å². The fraction of sp³-hybridized carbons (Fsp3) is 0.536. The van der Waals surface area contributed by atoms with Crippen molar-refractivity contribution in [1.29, 1.82) is 0 Å². The highest BCUT2D eigenvalue weighted by Gasteiger charge is 2.88. The summed E-state index contributed by atoms with van der Waals surface area (Å²) in [4.78, 5) is 14.8. The van der Waals surface area contributed by atoms with E-state index in [9.17, 15) is 21.6 Å². The molecule has 2 aromatic rings. The quantitative estimate of drug-likeness (QED) is 0.595. The average molecular weight is 509 g/mol. The number of fused-ring (bicyclic) bond motifs is 3. The smallest absolute Gasteiger partial charge is 0.185 e. The van der Waals surface area contributed by atoms with E-state index in [1.165, 1.54) is 0 Å². The van der Waals surface area contributed by atoms with Gasteiger partial charge in [-0.3, -0.25) is 4.79 Å². The Morgan fingerprint density at radius 3 is 2.11 bits per heavy atom. The van der Waals surface area contributed by atoms with Crippen molar-refractivity contribution in [3.8, 4) is 0 Å². The van der Waals surface area contributed by atoms with E-state index in [4.69, 9.17) is 0 Å². The fourth-order valence-electron chi connectivity index (χ4n) is 10.8. The second-order valence-corrected chi connectivity index (χ2v) is 16.3. The summed E-state index contributed by atoms with van der Waals surface area (Å²) in [7, 11) is -7.05. The van der Waals surface area contributed by atoms with E-state index in [2.05, 4.69) is 0 Å². The lowest BCUT2D eigenvalue weighted by Gasteiger charge is -2.42. The average Bonchev–Trinajstić information content (AvgIpc) is 3.64. The molecule has 35 heavy (non-hydrogen) atoms. The number of rotatable bonds is 6. The van der Waals surface area contributed by atoms with Crippen molar-refractivity contribution in [2.75, 3.05) is 5.75 Å². The molecule has 6 fully saturated rings. The number of carbonyl (C=O) groups excluding carboxylic acids is 1. The first-order valence-electron chi connectivity index (χ1n) is 12.9. The SMILES string of the molecule is O=C1[C@@H]2[C@H](CCS(=O)(=O)c3ccccc3)[C@@H]3C[C@@H]4[C@@H]5[C@H]6C[C@@]4(S(=O)(=O)c4ccccc4)[C@@H]1[C@@H]6[C@@H]2[C@H]35. The van der Waals surface area contributed by atoms with Gasteiger partial charge in [-0.1, -0.05) is 36.4 Å². The summed E-state index contributed by atoms with van der Waals surface area (Å²) in [5.74, 6) is 1.70. The normalized spacial score (nSPS) is 45.8. The van der Waals surface area contributed by atoms with Crippen LogP contribution in [0.1, 0.15) is 19.3 Å². The number of carbonyl (C=O) groups is 1. The van der Waals surface area contributed by atoms with Crippen molar-refractivity contribution < 1.29 is 21.6 Å². The van der Waals surface area contributed by atoms with E-state index in [0.29, 0.717) is 40.4 Å². The number of benzene rings is 2. The van der Waals surface area contributed by atoms with E-state index in [0.717, 1.165) is 6.42 Å². The van der Waals surface area contributed by atoms with Crippen LogP contribution in [-0.2, 0) is 24.5 Å². The van der Waals surface area contributed by atoms with Crippen molar-refractivity contribution in [2.24, 2.45) is 59.2 Å². The standard InChI is InChI=1S/C28H28O5S2/c29-27-24-17(11-12-34(30,31)15-7-3-1-4-8-15)18-13-20-21-19-14-28(20,26(27)23(19)25(24)22(18)21)35(32,33)16-9-5-2-6-10-16/h1-10,17-26H,11-14H2/t17-,18+,19-,20-,21+,22-,23+,24-,25+,26-,28+/m1/s1. The number of hydrogen-bond acceptors (Lipinski definition) is 5.